The van der Waals surface area contributed by atoms with Gasteiger partial charge in [0.15, 0.2) is 11.4 Å². The number of thioether (sulfide) groups is 1. The van der Waals surface area contributed by atoms with Gasteiger partial charge in [-0.25, -0.2) is 15.0 Å². The average molecular weight is 670 g/mol. The fourth-order valence-electron chi connectivity index (χ4n) is 5.89. The minimum absolute atomic E-state index is 0.0110. The van der Waals surface area contributed by atoms with E-state index in [-0.39, 0.29) is 36.3 Å². The Morgan fingerprint density at radius 2 is 1.55 bits per heavy atom. The van der Waals surface area contributed by atoms with Gasteiger partial charge >= 0.3 is 0 Å². The van der Waals surface area contributed by atoms with E-state index in [1.807, 2.05) is 72.8 Å². The predicted octanol–water partition coefficient (Wildman–Crippen LogP) is 7.09. The Morgan fingerprint density at radius 1 is 0.796 bits per heavy atom. The molecule has 246 valence electrons. The molecule has 4 aromatic carbocycles. The minimum Gasteiger partial charge on any atom is -0.392 e. The van der Waals surface area contributed by atoms with Crippen molar-refractivity contribution in [3.8, 4) is 11.1 Å². The van der Waals surface area contributed by atoms with Crippen LogP contribution in [0, 0.1) is 5.92 Å². The van der Waals surface area contributed by atoms with Crippen LogP contribution in [0.5, 0.6) is 0 Å². The highest BCUT2D eigenvalue weighted by Gasteiger charge is 2.38. The number of nitrogens with one attached hydrogen (secondary N) is 1. The molecule has 4 atom stereocenters. The normalized spacial score (nSPS) is 19.1. The van der Waals surface area contributed by atoms with Gasteiger partial charge in [0.1, 0.15) is 5.69 Å². The molecular formula is C39H35N5O4S. The summed E-state index contributed by atoms with van der Waals surface area (Å²) in [7, 11) is 0. The second kappa shape index (κ2) is 15.0. The lowest BCUT2D eigenvalue weighted by molar-refractivity contribution is -0.268. The largest absolute Gasteiger partial charge is 0.392 e. The Morgan fingerprint density at radius 3 is 2.35 bits per heavy atom. The molecule has 10 heteroatoms. The second-order valence-corrected chi connectivity index (χ2v) is 12.9. The van der Waals surface area contributed by atoms with Gasteiger partial charge in [0, 0.05) is 36.2 Å². The van der Waals surface area contributed by atoms with Crippen LogP contribution < -0.4 is 5.32 Å². The molecule has 1 amide bonds. The summed E-state index contributed by atoms with van der Waals surface area (Å²) in [6.45, 7) is 2.48. The molecule has 1 saturated heterocycles. The Hall–Kier alpha value is -5.00. The van der Waals surface area contributed by atoms with E-state index in [9.17, 15) is 9.90 Å². The van der Waals surface area contributed by atoms with E-state index in [4.69, 9.17) is 9.47 Å². The number of rotatable bonds is 10. The van der Waals surface area contributed by atoms with Gasteiger partial charge in [-0.15, -0.1) is 0 Å². The summed E-state index contributed by atoms with van der Waals surface area (Å²) in [5.41, 5.74) is 7.46. The summed E-state index contributed by atoms with van der Waals surface area (Å²) in [4.78, 5) is 30.5. The van der Waals surface area contributed by atoms with Gasteiger partial charge in [0.25, 0.3) is 5.91 Å². The molecule has 0 bridgehead atoms. The summed E-state index contributed by atoms with van der Waals surface area (Å²) >= 11 is 1.57. The number of nitrogens with zero attached hydrogens (tertiary/aromatic N) is 4. The molecule has 49 heavy (non-hydrogen) atoms. The van der Waals surface area contributed by atoms with Crippen LogP contribution >= 0.6 is 11.8 Å². The number of amides is 1. The monoisotopic (exact) mass is 669 g/mol. The molecular weight excluding hydrogens is 635 g/mol. The molecule has 0 saturated carbocycles. The van der Waals surface area contributed by atoms with Crippen molar-refractivity contribution >= 4 is 28.7 Å². The Bertz CT molecular complexity index is 2050. The van der Waals surface area contributed by atoms with Crippen LogP contribution in [0.4, 0.5) is 0 Å². The van der Waals surface area contributed by atoms with Crippen LogP contribution in [0.2, 0.25) is 0 Å². The molecule has 7 rings (SSSR count). The SMILES string of the molecule is CC1C(CSc2ncccn2)OC(c2cccc(-c3cccc(CNC(=O)c4cnc5ccccc5n4)c3)c2)OC1c1ccc(CO)cc1. The van der Waals surface area contributed by atoms with Crippen LogP contribution in [0.25, 0.3) is 22.2 Å². The first kappa shape index (κ1) is 32.5. The van der Waals surface area contributed by atoms with Crippen molar-refractivity contribution in [1.29, 1.82) is 0 Å². The third kappa shape index (κ3) is 7.68. The number of hydrogen-bond donors (Lipinski definition) is 2. The van der Waals surface area contributed by atoms with Gasteiger partial charge in [0.05, 0.1) is 36.0 Å². The maximum absolute atomic E-state index is 12.9. The molecule has 4 unspecified atom stereocenters. The number of aliphatic hydroxyl groups excluding tert-OH is 1. The molecule has 0 spiro atoms. The molecule has 6 aromatic rings. The summed E-state index contributed by atoms with van der Waals surface area (Å²) < 4.78 is 13.3. The van der Waals surface area contributed by atoms with E-state index in [1.165, 1.54) is 6.20 Å². The van der Waals surface area contributed by atoms with Crippen LogP contribution in [-0.4, -0.2) is 42.8 Å². The first-order chi connectivity index (χ1) is 24.0. The fraction of sp³-hybridized carbons (Fsp3) is 0.205. The van der Waals surface area contributed by atoms with Crippen LogP contribution in [0.1, 0.15) is 52.1 Å². The molecule has 0 aliphatic carbocycles. The lowest BCUT2D eigenvalue weighted by Crippen LogP contribution is -2.38. The third-order valence-corrected chi connectivity index (χ3v) is 9.56. The lowest BCUT2D eigenvalue weighted by Gasteiger charge is -2.41. The number of carbonyl (C=O) groups excluding carboxylic acids is 1. The molecule has 3 heterocycles. The number of carbonyl (C=O) groups is 1. The third-order valence-electron chi connectivity index (χ3n) is 8.60. The molecule has 1 fully saturated rings. The van der Waals surface area contributed by atoms with Gasteiger partial charge < -0.3 is 19.9 Å². The van der Waals surface area contributed by atoms with E-state index in [2.05, 4.69) is 56.4 Å². The number of ether oxygens (including phenoxy) is 2. The minimum atomic E-state index is -0.605. The summed E-state index contributed by atoms with van der Waals surface area (Å²) in [6, 6.07) is 33.5. The second-order valence-electron chi connectivity index (χ2n) is 11.9. The number of para-hydroxylation sites is 2. The number of benzene rings is 4. The van der Waals surface area contributed by atoms with Crippen molar-refractivity contribution in [3.63, 3.8) is 0 Å². The number of fused-ring (bicyclic) bond motifs is 1. The van der Waals surface area contributed by atoms with E-state index < -0.39 is 6.29 Å². The highest BCUT2D eigenvalue weighted by molar-refractivity contribution is 7.99. The van der Waals surface area contributed by atoms with Gasteiger partial charge in [-0.05, 0) is 58.1 Å². The summed E-state index contributed by atoms with van der Waals surface area (Å²) in [5.74, 6) is 0.427. The maximum Gasteiger partial charge on any atom is 0.271 e. The first-order valence-electron chi connectivity index (χ1n) is 16.1. The molecule has 2 aromatic heterocycles. The van der Waals surface area contributed by atoms with Crippen LogP contribution in [0.15, 0.2) is 127 Å². The lowest BCUT2D eigenvalue weighted by atomic mass is 9.91. The van der Waals surface area contributed by atoms with Crippen molar-refractivity contribution in [2.45, 2.75) is 43.7 Å². The number of aliphatic hydroxyl groups is 1. The Labute approximate surface area is 288 Å². The maximum atomic E-state index is 12.9. The smallest absolute Gasteiger partial charge is 0.271 e. The van der Waals surface area contributed by atoms with Crippen molar-refractivity contribution in [2.24, 2.45) is 5.92 Å². The topological polar surface area (TPSA) is 119 Å². The van der Waals surface area contributed by atoms with E-state index in [0.29, 0.717) is 23.0 Å². The van der Waals surface area contributed by atoms with E-state index in [1.54, 1.807) is 30.2 Å². The Balaban J connectivity index is 1.09. The van der Waals surface area contributed by atoms with Crippen molar-refractivity contribution < 1.29 is 19.4 Å². The molecule has 2 N–H and O–H groups in total. The number of hydrogen-bond acceptors (Lipinski definition) is 9. The van der Waals surface area contributed by atoms with E-state index >= 15 is 0 Å². The van der Waals surface area contributed by atoms with Gasteiger partial charge in [-0.1, -0.05) is 91.5 Å². The Kier molecular flexibility index (Phi) is 9.99. The zero-order valence-corrected chi connectivity index (χ0v) is 27.7. The summed E-state index contributed by atoms with van der Waals surface area (Å²) in [5, 5.41) is 13.3. The summed E-state index contributed by atoms with van der Waals surface area (Å²) in [6.07, 6.45) is 4.02. The molecule has 1 aliphatic heterocycles. The zero-order chi connectivity index (χ0) is 33.6. The highest BCUT2D eigenvalue weighted by Crippen LogP contribution is 2.43. The van der Waals surface area contributed by atoms with Crippen LogP contribution in [0.3, 0.4) is 0 Å². The first-order valence-corrected chi connectivity index (χ1v) is 17.1. The van der Waals surface area contributed by atoms with Crippen molar-refractivity contribution in [2.75, 3.05) is 5.75 Å². The average Bonchev–Trinajstić information content (AvgIpc) is 3.17. The molecule has 9 nitrogen and oxygen atoms in total. The van der Waals surface area contributed by atoms with Gasteiger partial charge in [-0.2, -0.15) is 0 Å². The van der Waals surface area contributed by atoms with E-state index in [0.717, 1.165) is 38.9 Å². The zero-order valence-electron chi connectivity index (χ0n) is 26.8. The highest BCUT2D eigenvalue weighted by atomic mass is 32.2. The fourth-order valence-corrected chi connectivity index (χ4v) is 6.86. The van der Waals surface area contributed by atoms with Crippen molar-refractivity contribution in [3.05, 3.63) is 150 Å². The van der Waals surface area contributed by atoms with Gasteiger partial charge in [0.2, 0.25) is 0 Å². The predicted molar refractivity (Wildman–Crippen MR) is 188 cm³/mol. The molecule has 0 radical (unpaired) electrons. The molecule has 1 aliphatic rings. The standard InChI is InChI=1S/C39H35N5O4S/c1-25-35(24-49-39-40-17-6-18-41-39)47-38(48-36(25)28-15-13-26(23-45)14-16-28)31-10-5-9-30(20-31)29-8-4-7-27(19-29)21-43-37(46)34-22-42-32-11-2-3-12-33(32)44-34/h2-20,22,25,35-36,38,45H,21,23-24H2,1H3,(H,43,46). The van der Waals surface area contributed by atoms with Gasteiger partial charge in [-0.3, -0.25) is 9.78 Å². The van der Waals surface area contributed by atoms with Crippen LogP contribution in [-0.2, 0) is 22.6 Å². The quantitative estimate of drug-likeness (QED) is 0.116. The van der Waals surface area contributed by atoms with Crippen molar-refractivity contribution in [1.82, 2.24) is 25.3 Å². The number of aromatic nitrogens is 4.